The highest BCUT2D eigenvalue weighted by molar-refractivity contribution is 5.38. The second-order valence-electron chi connectivity index (χ2n) is 3.25. The minimum absolute atomic E-state index is 0.138. The number of hydrogen-bond donors (Lipinski definition) is 0. The van der Waals surface area contributed by atoms with Crippen molar-refractivity contribution in [1.82, 2.24) is 0 Å². The third-order valence-corrected chi connectivity index (χ3v) is 2.37. The van der Waals surface area contributed by atoms with Gasteiger partial charge in [0.2, 0.25) is 0 Å². The van der Waals surface area contributed by atoms with E-state index in [-0.39, 0.29) is 17.8 Å². The average Bonchev–Trinajstić information content (AvgIpc) is 2.18. The first kappa shape index (κ1) is 10.7. The smallest absolute Gasteiger partial charge is 0.293 e. The maximum atomic E-state index is 13.3. The van der Waals surface area contributed by atoms with Crippen molar-refractivity contribution >= 4 is 6.47 Å². The topological polar surface area (TPSA) is 26.3 Å². The zero-order valence-corrected chi connectivity index (χ0v) is 8.24. The Kier molecular flexibility index (Phi) is 3.63. The van der Waals surface area contributed by atoms with Gasteiger partial charge in [0, 0.05) is 5.92 Å². The van der Waals surface area contributed by atoms with Crippen molar-refractivity contribution in [2.24, 2.45) is 0 Å². The van der Waals surface area contributed by atoms with Gasteiger partial charge >= 0.3 is 0 Å². The highest BCUT2D eigenvalue weighted by atomic mass is 19.1. The number of hydrogen-bond acceptors (Lipinski definition) is 2. The molecule has 0 fully saturated rings. The van der Waals surface area contributed by atoms with E-state index in [4.69, 9.17) is 4.74 Å². The molecule has 0 N–H and O–H groups in total. The molecule has 2 atom stereocenters. The molecule has 0 heterocycles. The highest BCUT2D eigenvalue weighted by Crippen LogP contribution is 2.23. The predicted octanol–water partition coefficient (Wildman–Crippen LogP) is 2.49. The fourth-order valence-corrected chi connectivity index (χ4v) is 1.30. The van der Waals surface area contributed by atoms with E-state index >= 15 is 0 Å². The van der Waals surface area contributed by atoms with Crippen LogP contribution in [0, 0.1) is 5.82 Å². The molecule has 1 rings (SSSR count). The SMILES string of the molecule is CC(OC=O)C(C)c1ccccc1F. The van der Waals surface area contributed by atoms with E-state index < -0.39 is 0 Å². The lowest BCUT2D eigenvalue weighted by molar-refractivity contribution is -0.133. The molecule has 0 aliphatic carbocycles. The van der Waals surface area contributed by atoms with Gasteiger partial charge in [-0.1, -0.05) is 25.1 Å². The summed E-state index contributed by atoms with van der Waals surface area (Å²) < 4.78 is 18.1. The molecule has 0 bridgehead atoms. The summed E-state index contributed by atoms with van der Waals surface area (Å²) in [6.45, 7) is 3.96. The summed E-state index contributed by atoms with van der Waals surface area (Å²) in [5.74, 6) is -0.400. The quantitative estimate of drug-likeness (QED) is 0.691. The lowest BCUT2D eigenvalue weighted by atomic mass is 9.96. The number of carbonyl (C=O) groups excluding carboxylic acids is 1. The molecule has 0 aliphatic heterocycles. The Morgan fingerprint density at radius 1 is 1.36 bits per heavy atom. The summed E-state index contributed by atoms with van der Waals surface area (Å²) in [4.78, 5) is 10.1. The van der Waals surface area contributed by atoms with Crippen molar-refractivity contribution in [2.45, 2.75) is 25.9 Å². The van der Waals surface area contributed by atoms with E-state index in [2.05, 4.69) is 0 Å². The molecule has 0 aliphatic rings. The van der Waals surface area contributed by atoms with Crippen LogP contribution in [0.4, 0.5) is 4.39 Å². The second kappa shape index (κ2) is 4.74. The Bertz CT molecular complexity index is 312. The van der Waals surface area contributed by atoms with Crippen molar-refractivity contribution < 1.29 is 13.9 Å². The Labute approximate surface area is 82.7 Å². The van der Waals surface area contributed by atoms with Crippen LogP contribution in [0.5, 0.6) is 0 Å². The van der Waals surface area contributed by atoms with Gasteiger partial charge in [-0.2, -0.15) is 0 Å². The maximum absolute atomic E-state index is 13.3. The zero-order valence-electron chi connectivity index (χ0n) is 8.24. The summed E-state index contributed by atoms with van der Waals surface area (Å²) in [7, 11) is 0. The summed E-state index contributed by atoms with van der Waals surface area (Å²) in [5, 5.41) is 0. The van der Waals surface area contributed by atoms with Gasteiger partial charge in [0.1, 0.15) is 11.9 Å². The normalized spacial score (nSPS) is 14.5. The Balaban J connectivity index is 2.83. The van der Waals surface area contributed by atoms with Gasteiger partial charge in [-0.05, 0) is 18.6 Å². The molecular formula is C11H13FO2. The van der Waals surface area contributed by atoms with Crippen LogP contribution in [-0.4, -0.2) is 12.6 Å². The Morgan fingerprint density at radius 2 is 2.00 bits per heavy atom. The minimum Gasteiger partial charge on any atom is -0.464 e. The lowest BCUT2D eigenvalue weighted by Gasteiger charge is -2.18. The van der Waals surface area contributed by atoms with Crippen LogP contribution in [0.3, 0.4) is 0 Å². The van der Waals surface area contributed by atoms with Crippen molar-refractivity contribution in [3.8, 4) is 0 Å². The average molecular weight is 196 g/mol. The maximum Gasteiger partial charge on any atom is 0.293 e. The summed E-state index contributed by atoms with van der Waals surface area (Å²) >= 11 is 0. The molecule has 0 aromatic heterocycles. The predicted molar refractivity (Wildman–Crippen MR) is 51.4 cm³/mol. The molecule has 1 aromatic carbocycles. The molecule has 0 amide bonds. The van der Waals surface area contributed by atoms with Gasteiger partial charge in [0.05, 0.1) is 0 Å². The molecule has 0 radical (unpaired) electrons. The number of benzene rings is 1. The number of ether oxygens (including phenoxy) is 1. The fourth-order valence-electron chi connectivity index (χ4n) is 1.30. The van der Waals surface area contributed by atoms with E-state index in [1.165, 1.54) is 6.07 Å². The van der Waals surface area contributed by atoms with Gasteiger partial charge in [-0.3, -0.25) is 4.79 Å². The van der Waals surface area contributed by atoms with Gasteiger partial charge in [-0.15, -0.1) is 0 Å². The van der Waals surface area contributed by atoms with Crippen LogP contribution in [0.2, 0.25) is 0 Å². The van der Waals surface area contributed by atoms with Gasteiger partial charge in [-0.25, -0.2) is 4.39 Å². The van der Waals surface area contributed by atoms with Crippen LogP contribution >= 0.6 is 0 Å². The molecular weight excluding hydrogens is 183 g/mol. The number of rotatable bonds is 4. The van der Waals surface area contributed by atoms with Crippen LogP contribution in [-0.2, 0) is 9.53 Å². The van der Waals surface area contributed by atoms with Crippen molar-refractivity contribution in [3.05, 3.63) is 35.6 Å². The van der Waals surface area contributed by atoms with Gasteiger partial charge in [0.25, 0.3) is 6.47 Å². The molecule has 76 valence electrons. The Morgan fingerprint density at radius 3 is 2.57 bits per heavy atom. The first-order chi connectivity index (χ1) is 6.66. The third kappa shape index (κ3) is 2.31. The Hall–Kier alpha value is -1.38. The van der Waals surface area contributed by atoms with E-state index in [0.717, 1.165) is 0 Å². The molecule has 2 nitrogen and oxygen atoms in total. The van der Waals surface area contributed by atoms with Gasteiger partial charge < -0.3 is 4.74 Å². The molecule has 14 heavy (non-hydrogen) atoms. The van der Waals surface area contributed by atoms with Crippen LogP contribution in [0.25, 0.3) is 0 Å². The molecule has 0 spiro atoms. The van der Waals surface area contributed by atoms with E-state index in [1.807, 2.05) is 6.92 Å². The zero-order chi connectivity index (χ0) is 10.6. The van der Waals surface area contributed by atoms with Crippen molar-refractivity contribution in [3.63, 3.8) is 0 Å². The third-order valence-electron chi connectivity index (χ3n) is 2.37. The van der Waals surface area contributed by atoms with Gasteiger partial charge in [0.15, 0.2) is 0 Å². The monoisotopic (exact) mass is 196 g/mol. The molecule has 0 saturated carbocycles. The number of halogens is 1. The van der Waals surface area contributed by atoms with E-state index in [1.54, 1.807) is 25.1 Å². The number of carbonyl (C=O) groups is 1. The van der Waals surface area contributed by atoms with E-state index in [9.17, 15) is 9.18 Å². The van der Waals surface area contributed by atoms with E-state index in [0.29, 0.717) is 12.0 Å². The first-order valence-corrected chi connectivity index (χ1v) is 4.50. The van der Waals surface area contributed by atoms with Crippen molar-refractivity contribution in [2.75, 3.05) is 0 Å². The second-order valence-corrected chi connectivity index (χ2v) is 3.25. The summed E-state index contributed by atoms with van der Waals surface area (Å²) in [6, 6.07) is 6.50. The molecule has 3 heteroatoms. The molecule has 1 aromatic rings. The minimum atomic E-state index is -0.315. The fraction of sp³-hybridized carbons (Fsp3) is 0.364. The summed E-state index contributed by atoms with van der Waals surface area (Å²) in [5.41, 5.74) is 0.571. The highest BCUT2D eigenvalue weighted by Gasteiger charge is 2.17. The largest absolute Gasteiger partial charge is 0.464 e. The lowest BCUT2D eigenvalue weighted by Crippen LogP contribution is -2.16. The van der Waals surface area contributed by atoms with Crippen LogP contribution in [0.1, 0.15) is 25.3 Å². The molecule has 2 unspecified atom stereocenters. The van der Waals surface area contributed by atoms with Crippen LogP contribution < -0.4 is 0 Å². The van der Waals surface area contributed by atoms with Crippen LogP contribution in [0.15, 0.2) is 24.3 Å². The standard InChI is InChI=1S/C11H13FO2/c1-8(9(2)14-7-13)10-5-3-4-6-11(10)12/h3-9H,1-2H3. The summed E-state index contributed by atoms with van der Waals surface area (Å²) in [6.07, 6.45) is -0.315. The molecule has 0 saturated heterocycles. The van der Waals surface area contributed by atoms with Crippen molar-refractivity contribution in [1.29, 1.82) is 0 Å². The first-order valence-electron chi connectivity index (χ1n) is 4.50.